The normalized spacial score (nSPS) is 17.7. The molecule has 2 atom stereocenters. The van der Waals surface area contributed by atoms with E-state index in [-0.39, 0.29) is 28.6 Å². The Morgan fingerprint density at radius 1 is 0.964 bits per heavy atom. The molecule has 5 N–H and O–H groups in total. The van der Waals surface area contributed by atoms with Gasteiger partial charge in [0.1, 0.15) is 11.1 Å². The second kappa shape index (κ2) is 14.7. The lowest BCUT2D eigenvalue weighted by Gasteiger charge is -2.31. The van der Waals surface area contributed by atoms with Crippen LogP contribution in [0.4, 0.5) is 30.4 Å². The number of hydrogen-bond donors (Lipinski definition) is 5. The molecule has 2 aromatic carbocycles. The average Bonchev–Trinajstić information content (AvgIpc) is 3.76. The van der Waals surface area contributed by atoms with Crippen molar-refractivity contribution >= 4 is 40.1 Å². The number of carbonyl (C=O) groups is 2. The number of carbonyl (C=O) groups excluding carboxylic acids is 1. The van der Waals surface area contributed by atoms with Gasteiger partial charge in [0, 0.05) is 43.8 Å². The number of carboxylic acid groups (broad SMARTS) is 1. The van der Waals surface area contributed by atoms with Gasteiger partial charge in [-0.05, 0) is 99.0 Å². The smallest absolute Gasteiger partial charge is 0.451 e. The number of β-amino-alcohol motifs (C(OH)–C–C–N with tert-alkyl or cyclic N) is 1. The molecule has 0 radical (unpaired) electrons. The van der Waals surface area contributed by atoms with E-state index < -0.39 is 35.5 Å². The van der Waals surface area contributed by atoms with Gasteiger partial charge in [-0.1, -0.05) is 24.3 Å². The summed E-state index contributed by atoms with van der Waals surface area (Å²) in [5.74, 6) is -2.78. The number of carboxylic acids is 1. The molecule has 288 valence electrons. The molecular weight excluding hydrogens is 715 g/mol. The number of anilines is 3. The maximum Gasteiger partial charge on any atom is 0.451 e. The fraction of sp³-hybridized carbons (Fsp3) is 0.385. The number of aromatic nitrogens is 5. The van der Waals surface area contributed by atoms with Gasteiger partial charge in [-0.25, -0.2) is 9.97 Å². The zero-order valence-electron chi connectivity index (χ0n) is 30.8. The Morgan fingerprint density at radius 2 is 1.67 bits per heavy atom. The van der Waals surface area contributed by atoms with Gasteiger partial charge >= 0.3 is 12.1 Å². The number of aryl methyl sites for hydroxylation is 1. The van der Waals surface area contributed by atoms with Crippen LogP contribution >= 0.6 is 0 Å². The van der Waals surface area contributed by atoms with Crippen molar-refractivity contribution in [2.75, 3.05) is 23.7 Å². The number of halogens is 3. The SMILES string of the molecule is Cc1c(NC(=O)c2cc3n(n2)CCC[C@@H]3NC(C)(C)C(=O)O)cccc1-c1cccc(Nc2nc(C(F)(F)F)nc3cc(CN4CC[C@@H](O)C4)cnc23)c1C. The molecule has 0 saturated carbocycles. The van der Waals surface area contributed by atoms with E-state index in [9.17, 15) is 33.0 Å². The number of benzene rings is 2. The van der Waals surface area contributed by atoms with Gasteiger partial charge < -0.3 is 20.8 Å². The minimum absolute atomic E-state index is 0.0459. The van der Waals surface area contributed by atoms with Gasteiger partial charge in [0.2, 0.25) is 5.82 Å². The number of rotatable bonds is 10. The first-order valence-electron chi connectivity index (χ1n) is 18.1. The van der Waals surface area contributed by atoms with E-state index in [1.54, 1.807) is 55.1 Å². The molecule has 5 aromatic rings. The number of fused-ring (bicyclic) bond motifs is 2. The summed E-state index contributed by atoms with van der Waals surface area (Å²) < 4.78 is 43.9. The van der Waals surface area contributed by atoms with Crippen LogP contribution in [0.25, 0.3) is 22.2 Å². The fourth-order valence-corrected chi connectivity index (χ4v) is 7.25. The second-order valence-electron chi connectivity index (χ2n) is 14.8. The molecule has 5 heterocycles. The van der Waals surface area contributed by atoms with Crippen molar-refractivity contribution in [3.8, 4) is 11.1 Å². The second-order valence-corrected chi connectivity index (χ2v) is 14.8. The number of aliphatic carboxylic acids is 1. The van der Waals surface area contributed by atoms with Crippen molar-refractivity contribution < 1.29 is 33.0 Å². The number of likely N-dealkylation sites (tertiary alicyclic amines) is 1. The Morgan fingerprint density at radius 3 is 2.35 bits per heavy atom. The van der Waals surface area contributed by atoms with Crippen molar-refractivity contribution in [3.05, 3.63) is 88.6 Å². The average molecular weight is 758 g/mol. The van der Waals surface area contributed by atoms with Crippen LogP contribution in [0.3, 0.4) is 0 Å². The summed E-state index contributed by atoms with van der Waals surface area (Å²) in [7, 11) is 0. The highest BCUT2D eigenvalue weighted by Gasteiger charge is 2.36. The van der Waals surface area contributed by atoms with E-state index in [1.165, 1.54) is 0 Å². The minimum atomic E-state index is -4.80. The molecule has 2 aliphatic rings. The summed E-state index contributed by atoms with van der Waals surface area (Å²) in [6.45, 7) is 9.09. The Bertz CT molecular complexity index is 2290. The number of nitrogens with zero attached hydrogens (tertiary/aromatic N) is 6. The van der Waals surface area contributed by atoms with Crippen molar-refractivity contribution in [1.82, 2.24) is 34.9 Å². The number of aliphatic hydroxyl groups is 1. The third kappa shape index (κ3) is 7.88. The zero-order valence-corrected chi connectivity index (χ0v) is 30.8. The monoisotopic (exact) mass is 757 g/mol. The molecule has 1 amide bonds. The molecule has 7 rings (SSSR count). The molecule has 0 bridgehead atoms. The molecule has 16 heteroatoms. The molecule has 0 unspecified atom stereocenters. The minimum Gasteiger partial charge on any atom is -0.480 e. The van der Waals surface area contributed by atoms with Crippen molar-refractivity contribution in [1.29, 1.82) is 0 Å². The van der Waals surface area contributed by atoms with E-state index in [0.717, 1.165) is 34.4 Å². The first kappa shape index (κ1) is 37.8. The van der Waals surface area contributed by atoms with Crippen LogP contribution in [0.15, 0.2) is 54.7 Å². The number of amides is 1. The van der Waals surface area contributed by atoms with Gasteiger partial charge in [-0.15, -0.1) is 0 Å². The van der Waals surface area contributed by atoms with Crippen LogP contribution in [-0.4, -0.2) is 76.5 Å². The van der Waals surface area contributed by atoms with Crippen LogP contribution in [0.5, 0.6) is 0 Å². The predicted octanol–water partition coefficient (Wildman–Crippen LogP) is 6.37. The van der Waals surface area contributed by atoms with Gasteiger partial charge in [0.15, 0.2) is 11.5 Å². The molecule has 2 aliphatic heterocycles. The highest BCUT2D eigenvalue weighted by Crippen LogP contribution is 2.37. The molecule has 3 aromatic heterocycles. The highest BCUT2D eigenvalue weighted by molar-refractivity contribution is 6.04. The molecule has 0 spiro atoms. The Balaban J connectivity index is 1.15. The van der Waals surface area contributed by atoms with Gasteiger partial charge in [0.25, 0.3) is 5.91 Å². The summed E-state index contributed by atoms with van der Waals surface area (Å²) in [6, 6.07) is 13.9. The van der Waals surface area contributed by atoms with E-state index in [1.807, 2.05) is 36.9 Å². The highest BCUT2D eigenvalue weighted by atomic mass is 19.4. The number of pyridine rings is 1. The Labute approximate surface area is 315 Å². The topological polar surface area (TPSA) is 170 Å². The Hall–Kier alpha value is -5.45. The molecule has 0 aliphatic carbocycles. The first-order valence-corrected chi connectivity index (χ1v) is 18.1. The summed E-state index contributed by atoms with van der Waals surface area (Å²) in [5.41, 5.74) is 4.79. The van der Waals surface area contributed by atoms with Crippen molar-refractivity contribution in [3.63, 3.8) is 0 Å². The number of nitrogens with one attached hydrogen (secondary N) is 3. The van der Waals surface area contributed by atoms with Crippen molar-refractivity contribution in [2.24, 2.45) is 0 Å². The number of hydrogen-bond acceptors (Lipinski definition) is 10. The molecule has 1 saturated heterocycles. The van der Waals surface area contributed by atoms with E-state index >= 15 is 0 Å². The van der Waals surface area contributed by atoms with E-state index in [2.05, 4.69) is 36.0 Å². The quantitative estimate of drug-likeness (QED) is 0.107. The lowest BCUT2D eigenvalue weighted by Crippen LogP contribution is -2.49. The third-order valence-corrected chi connectivity index (χ3v) is 10.3. The molecule has 1 fully saturated rings. The van der Waals surface area contributed by atoms with Gasteiger partial charge in [-0.3, -0.25) is 29.5 Å². The zero-order chi connectivity index (χ0) is 39.2. The van der Waals surface area contributed by atoms with E-state index in [0.29, 0.717) is 56.0 Å². The maximum absolute atomic E-state index is 14.0. The molecular formula is C39H42F3N9O4. The summed E-state index contributed by atoms with van der Waals surface area (Å²) >= 11 is 0. The molecule has 13 nitrogen and oxygen atoms in total. The summed E-state index contributed by atoms with van der Waals surface area (Å²) in [5, 5.41) is 33.3. The summed E-state index contributed by atoms with van der Waals surface area (Å²) in [6.07, 6.45) is -1.53. The van der Waals surface area contributed by atoms with Crippen molar-refractivity contribution in [2.45, 2.75) is 83.9 Å². The molecule has 55 heavy (non-hydrogen) atoms. The third-order valence-electron chi connectivity index (χ3n) is 10.3. The van der Waals surface area contributed by atoms with Crippen LogP contribution < -0.4 is 16.0 Å². The Kier molecular flexibility index (Phi) is 10.1. The number of aliphatic hydroxyl groups excluding tert-OH is 1. The maximum atomic E-state index is 14.0. The van der Waals surface area contributed by atoms with Gasteiger partial charge in [0.05, 0.1) is 23.4 Å². The van der Waals surface area contributed by atoms with Gasteiger partial charge in [-0.2, -0.15) is 18.3 Å². The van der Waals surface area contributed by atoms with E-state index in [4.69, 9.17) is 0 Å². The largest absolute Gasteiger partial charge is 0.480 e. The lowest BCUT2D eigenvalue weighted by molar-refractivity contribution is -0.145. The van der Waals surface area contributed by atoms with Crippen LogP contribution in [0.2, 0.25) is 0 Å². The standard InChI is InChI=1S/C39H42F3N9O4/c1-21-25(26-9-6-11-28(22(26)2)45-35(53)31-17-32-29(12-7-14-51(32)49-31)48-38(3,4)37(54)55)8-5-10-27(21)44-34-33-30(46-36(47-34)39(40,41)42)16-23(18-43-33)19-50-15-13-24(52)20-50/h5-6,8-11,16-18,24,29,48,52H,7,12-15,19-20H2,1-4H3,(H,45,53)(H,54,55)(H,44,46,47)/t24-,29+/m1/s1. The predicted molar refractivity (Wildman–Crippen MR) is 200 cm³/mol. The first-order chi connectivity index (χ1) is 26.1. The lowest BCUT2D eigenvalue weighted by atomic mass is 9.94. The summed E-state index contributed by atoms with van der Waals surface area (Å²) in [4.78, 5) is 39.5. The fourth-order valence-electron chi connectivity index (χ4n) is 7.25. The van der Waals surface area contributed by atoms with Crippen LogP contribution in [0, 0.1) is 13.8 Å². The number of alkyl halides is 3. The van der Waals surface area contributed by atoms with Crippen LogP contribution in [-0.2, 0) is 24.1 Å². The van der Waals surface area contributed by atoms with Crippen LogP contribution in [0.1, 0.15) is 77.8 Å².